The predicted octanol–water partition coefficient (Wildman–Crippen LogP) is 6.87. The number of aliphatic hydroxyl groups excluding tert-OH is 1. The van der Waals surface area contributed by atoms with Crippen molar-refractivity contribution in [2.24, 2.45) is 0 Å². The number of aromatic nitrogens is 1. The first-order valence-electron chi connectivity index (χ1n) is 11.1. The van der Waals surface area contributed by atoms with E-state index >= 15 is 0 Å². The van der Waals surface area contributed by atoms with E-state index in [1.54, 1.807) is 6.20 Å². The van der Waals surface area contributed by atoms with E-state index in [-0.39, 0.29) is 37.4 Å². The molecule has 3 aromatic carbocycles. The molecule has 1 radical (unpaired) electrons. The van der Waals surface area contributed by atoms with Crippen LogP contribution in [0.1, 0.15) is 46.5 Å². The van der Waals surface area contributed by atoms with E-state index in [2.05, 4.69) is 55.2 Å². The van der Waals surface area contributed by atoms with Crippen molar-refractivity contribution in [1.82, 2.24) is 4.98 Å². The third-order valence-electron chi connectivity index (χ3n) is 5.77. The summed E-state index contributed by atoms with van der Waals surface area (Å²) in [7, 11) is 0. The molecule has 0 aliphatic heterocycles. The molecule has 1 aliphatic rings. The molecule has 4 aromatic rings. The number of carbonyl (C=O) groups is 2. The van der Waals surface area contributed by atoms with Crippen molar-refractivity contribution >= 4 is 22.3 Å². The maximum absolute atomic E-state index is 13.2. The molecule has 1 heterocycles. The molecule has 5 heteroatoms. The zero-order valence-corrected chi connectivity index (χ0v) is 22.7. The van der Waals surface area contributed by atoms with Gasteiger partial charge in [-0.05, 0) is 60.0 Å². The molecule has 179 valence electrons. The molecule has 0 fully saturated rings. The van der Waals surface area contributed by atoms with Crippen LogP contribution in [0.4, 0.5) is 0 Å². The number of nitrogens with zero attached hydrogens (tertiary/aromatic N) is 1. The Morgan fingerprint density at radius 2 is 1.69 bits per heavy atom. The zero-order valence-electron chi connectivity index (χ0n) is 20.3. The fourth-order valence-corrected chi connectivity index (χ4v) is 4.59. The van der Waals surface area contributed by atoms with Crippen molar-refractivity contribution < 1.29 is 34.8 Å². The number of pyridine rings is 1. The van der Waals surface area contributed by atoms with Gasteiger partial charge in [-0.25, -0.2) is 0 Å². The largest absolute Gasteiger partial charge is 0.512 e. The molecule has 1 aliphatic carbocycles. The van der Waals surface area contributed by atoms with Gasteiger partial charge in [0.15, 0.2) is 11.6 Å². The molecule has 5 rings (SSSR count). The Hall–Kier alpha value is -3.40. The fourth-order valence-electron chi connectivity index (χ4n) is 4.59. The number of aryl methyl sites for hydroxylation is 3. The van der Waals surface area contributed by atoms with Gasteiger partial charge in [-0.3, -0.25) is 9.59 Å². The first-order chi connectivity index (χ1) is 16.2. The van der Waals surface area contributed by atoms with Gasteiger partial charge >= 0.3 is 0 Å². The van der Waals surface area contributed by atoms with Crippen LogP contribution in [0.15, 0.2) is 66.6 Å². The summed E-state index contributed by atoms with van der Waals surface area (Å²) in [6.07, 6.45) is 2.96. The van der Waals surface area contributed by atoms with Crippen LogP contribution in [0.3, 0.4) is 0 Å². The second-order valence-electron chi connectivity index (χ2n) is 8.72. The smallest absolute Gasteiger partial charge is 0.194 e. The van der Waals surface area contributed by atoms with Crippen LogP contribution in [-0.4, -0.2) is 21.7 Å². The van der Waals surface area contributed by atoms with E-state index in [4.69, 9.17) is 5.11 Å². The van der Waals surface area contributed by atoms with Gasteiger partial charge in [-0.15, -0.1) is 34.9 Å². The van der Waals surface area contributed by atoms with Crippen molar-refractivity contribution in [3.63, 3.8) is 0 Å². The van der Waals surface area contributed by atoms with Gasteiger partial charge in [0.05, 0.1) is 5.76 Å². The average molecular weight is 641 g/mol. The van der Waals surface area contributed by atoms with Crippen LogP contribution in [0.5, 0.6) is 0 Å². The number of hydrogen-bond donors (Lipinski definition) is 1. The summed E-state index contributed by atoms with van der Waals surface area (Å²) >= 11 is 0. The van der Waals surface area contributed by atoms with E-state index in [1.165, 1.54) is 25.5 Å². The number of ketones is 2. The van der Waals surface area contributed by atoms with E-state index < -0.39 is 0 Å². The summed E-state index contributed by atoms with van der Waals surface area (Å²) in [5.74, 6) is 0.0448. The fraction of sp³-hybridized carbons (Fsp3) is 0.167. The second kappa shape index (κ2) is 10.5. The molecule has 0 saturated carbocycles. The molecule has 0 saturated heterocycles. The summed E-state index contributed by atoms with van der Waals surface area (Å²) < 4.78 is 0. The normalized spacial score (nSPS) is 11.8. The van der Waals surface area contributed by atoms with Gasteiger partial charge in [0.2, 0.25) is 0 Å². The monoisotopic (exact) mass is 641 g/mol. The van der Waals surface area contributed by atoms with Gasteiger partial charge < -0.3 is 10.1 Å². The molecule has 0 atom stereocenters. The van der Waals surface area contributed by atoms with Gasteiger partial charge in [-0.1, -0.05) is 44.2 Å². The van der Waals surface area contributed by atoms with Crippen LogP contribution in [0, 0.1) is 26.8 Å². The van der Waals surface area contributed by atoms with Crippen molar-refractivity contribution in [3.8, 4) is 22.4 Å². The topological polar surface area (TPSA) is 67.3 Å². The molecule has 1 aromatic heterocycles. The van der Waals surface area contributed by atoms with E-state index in [0.29, 0.717) is 0 Å². The van der Waals surface area contributed by atoms with Gasteiger partial charge in [0.1, 0.15) is 0 Å². The van der Waals surface area contributed by atoms with Gasteiger partial charge in [0, 0.05) is 43.5 Å². The third-order valence-corrected chi connectivity index (χ3v) is 5.77. The molecule has 0 spiro atoms. The van der Waals surface area contributed by atoms with Crippen molar-refractivity contribution in [3.05, 3.63) is 100 Å². The Bertz CT molecular complexity index is 1480. The summed E-state index contributed by atoms with van der Waals surface area (Å²) in [5.41, 5.74) is 8.94. The van der Waals surface area contributed by atoms with Crippen LogP contribution in [-0.2, 0) is 24.9 Å². The quantitative estimate of drug-likeness (QED) is 0.130. The Kier molecular flexibility index (Phi) is 7.84. The van der Waals surface area contributed by atoms with Crippen molar-refractivity contribution in [2.45, 2.75) is 34.6 Å². The number of aliphatic hydroxyl groups is 1. The number of carbonyl (C=O) groups excluding carboxylic acids is 2. The number of fused-ring (bicyclic) bond motifs is 5. The van der Waals surface area contributed by atoms with Crippen LogP contribution < -0.4 is 0 Å². The Morgan fingerprint density at radius 1 is 0.943 bits per heavy atom. The standard InChI is InChI=1S/C25H18NO.C5H8O2.Ir/c1-14-11-15(2)13-17(12-14)24-19-7-8-20-22-16(3)5-4-6-21(22)25(27)23(20)18(19)9-10-26-24;1-4(6)3-5(2)7;/h4-12H,1-3H3;3,6H,1-2H3;/q-1;;/b;4-3-;. The van der Waals surface area contributed by atoms with Crippen molar-refractivity contribution in [1.29, 1.82) is 0 Å². The molecule has 1 N–H and O–H groups in total. The number of allylic oxidation sites excluding steroid dienone is 2. The van der Waals surface area contributed by atoms with Crippen molar-refractivity contribution in [2.75, 3.05) is 0 Å². The maximum Gasteiger partial charge on any atom is 0.194 e. The number of rotatable bonds is 2. The molecule has 4 nitrogen and oxygen atoms in total. The first-order valence-corrected chi connectivity index (χ1v) is 11.1. The Labute approximate surface area is 219 Å². The molecule has 0 amide bonds. The van der Waals surface area contributed by atoms with E-state index in [9.17, 15) is 9.59 Å². The summed E-state index contributed by atoms with van der Waals surface area (Å²) in [6.45, 7) is 9.04. The minimum atomic E-state index is -0.125. The molecular formula is C30H26IrNO3-. The van der Waals surface area contributed by atoms with Gasteiger partial charge in [0.25, 0.3) is 0 Å². The molecule has 35 heavy (non-hydrogen) atoms. The van der Waals surface area contributed by atoms with Crippen LogP contribution in [0.25, 0.3) is 33.2 Å². The van der Waals surface area contributed by atoms with E-state index in [0.717, 1.165) is 55.4 Å². The van der Waals surface area contributed by atoms with Crippen LogP contribution >= 0.6 is 0 Å². The molecule has 0 bridgehead atoms. The first kappa shape index (κ1) is 26.2. The minimum Gasteiger partial charge on any atom is -0.512 e. The maximum atomic E-state index is 13.2. The summed E-state index contributed by atoms with van der Waals surface area (Å²) in [5, 5.41) is 10.3. The molecule has 0 unspecified atom stereocenters. The minimum absolute atomic E-state index is 0. The predicted molar refractivity (Wildman–Crippen MR) is 136 cm³/mol. The van der Waals surface area contributed by atoms with Crippen LogP contribution in [0.2, 0.25) is 0 Å². The Morgan fingerprint density at radius 3 is 2.31 bits per heavy atom. The summed E-state index contributed by atoms with van der Waals surface area (Å²) in [6, 6.07) is 19.7. The average Bonchev–Trinajstić information content (AvgIpc) is 3.06. The Balaban J connectivity index is 0.000000378. The molecular weight excluding hydrogens is 615 g/mol. The second-order valence-corrected chi connectivity index (χ2v) is 8.72. The zero-order chi connectivity index (χ0) is 24.6. The number of benzene rings is 3. The number of hydrogen-bond acceptors (Lipinski definition) is 4. The SMILES string of the molecule is CC(=O)/C=C(/C)O.Cc1[c-]c(-c2nccc3c4c(ccc23)-c2c(C)cccc2C4=O)cc(C)c1.[Ir]. The third kappa shape index (κ3) is 5.17. The van der Waals surface area contributed by atoms with E-state index in [1.807, 2.05) is 25.1 Å². The summed E-state index contributed by atoms with van der Waals surface area (Å²) in [4.78, 5) is 27.8. The van der Waals surface area contributed by atoms with Gasteiger partial charge in [-0.2, -0.15) is 0 Å².